The summed E-state index contributed by atoms with van der Waals surface area (Å²) in [6, 6.07) is 19.8. The van der Waals surface area contributed by atoms with Crippen molar-refractivity contribution in [2.75, 3.05) is 38.6 Å². The molecule has 5 rings (SSSR count). The maximum atomic E-state index is 14.2. The van der Waals surface area contributed by atoms with Crippen molar-refractivity contribution in [1.29, 1.82) is 0 Å². The van der Waals surface area contributed by atoms with Gasteiger partial charge in [0.25, 0.3) is 11.8 Å². The van der Waals surface area contributed by atoms with Gasteiger partial charge in [0, 0.05) is 70.1 Å². The fraction of sp³-hybridized carbons (Fsp3) is 0.286. The van der Waals surface area contributed by atoms with E-state index in [9.17, 15) is 27.2 Å². The molecule has 0 unspecified atom stereocenters. The van der Waals surface area contributed by atoms with Crippen molar-refractivity contribution >= 4 is 17.5 Å². The molecule has 1 fully saturated rings. The molecule has 0 bridgehead atoms. The first kappa shape index (κ1) is 32.5. The van der Waals surface area contributed by atoms with Crippen LogP contribution in [0.25, 0.3) is 11.1 Å². The van der Waals surface area contributed by atoms with Crippen molar-refractivity contribution in [3.05, 3.63) is 113 Å². The minimum absolute atomic E-state index is 0.00715. The molecule has 4 aromatic rings. The van der Waals surface area contributed by atoms with E-state index in [1.807, 2.05) is 43.3 Å². The molecule has 0 radical (unpaired) electrons. The number of aromatic nitrogens is 1. The second kappa shape index (κ2) is 14.0. The molecule has 2 heterocycles. The van der Waals surface area contributed by atoms with E-state index >= 15 is 0 Å². The van der Waals surface area contributed by atoms with E-state index in [4.69, 9.17) is 4.74 Å². The Morgan fingerprint density at radius 1 is 0.913 bits per heavy atom. The minimum Gasteiger partial charge on any atom is -0.474 e. The van der Waals surface area contributed by atoms with Crippen LogP contribution in [0.3, 0.4) is 0 Å². The summed E-state index contributed by atoms with van der Waals surface area (Å²) in [4.78, 5) is 34.4. The maximum Gasteiger partial charge on any atom is 0.416 e. The lowest BCUT2D eigenvalue weighted by atomic mass is 10.0. The fourth-order valence-corrected chi connectivity index (χ4v) is 5.26. The third-order valence-electron chi connectivity index (χ3n) is 7.91. The largest absolute Gasteiger partial charge is 0.474 e. The predicted octanol–water partition coefficient (Wildman–Crippen LogP) is 6.63. The summed E-state index contributed by atoms with van der Waals surface area (Å²) >= 11 is 0. The molecule has 1 aromatic heterocycles. The summed E-state index contributed by atoms with van der Waals surface area (Å²) < 4.78 is 58.8. The molecular formula is C35H34F4N4O3. The average Bonchev–Trinajstić information content (AvgIpc) is 3.05. The monoisotopic (exact) mass is 634 g/mol. The van der Waals surface area contributed by atoms with Crippen molar-refractivity contribution in [3.8, 4) is 17.0 Å². The van der Waals surface area contributed by atoms with Gasteiger partial charge >= 0.3 is 6.18 Å². The van der Waals surface area contributed by atoms with E-state index in [1.165, 1.54) is 30.5 Å². The van der Waals surface area contributed by atoms with Gasteiger partial charge in [0.05, 0.1) is 16.7 Å². The first-order valence-electron chi connectivity index (χ1n) is 14.9. The Bertz CT molecular complexity index is 1650. The van der Waals surface area contributed by atoms with Crippen molar-refractivity contribution in [2.24, 2.45) is 0 Å². The third-order valence-corrected chi connectivity index (χ3v) is 7.91. The number of pyridine rings is 1. The first-order chi connectivity index (χ1) is 22.0. The number of amides is 2. The van der Waals surface area contributed by atoms with Crippen molar-refractivity contribution < 1.29 is 31.9 Å². The Kier molecular flexibility index (Phi) is 9.89. The first-order valence-corrected chi connectivity index (χ1v) is 14.9. The number of hydrogen-bond acceptors (Lipinski definition) is 5. The molecule has 2 amide bonds. The molecule has 0 saturated carbocycles. The normalized spacial score (nSPS) is 13.7. The van der Waals surface area contributed by atoms with E-state index in [-0.39, 0.29) is 17.2 Å². The molecule has 1 aliphatic heterocycles. The zero-order valence-corrected chi connectivity index (χ0v) is 25.5. The van der Waals surface area contributed by atoms with Gasteiger partial charge in [0.2, 0.25) is 5.88 Å². The summed E-state index contributed by atoms with van der Waals surface area (Å²) in [5.74, 6) is -1.12. The number of benzene rings is 3. The molecule has 0 aliphatic carbocycles. The van der Waals surface area contributed by atoms with Gasteiger partial charge in [-0.3, -0.25) is 9.59 Å². The van der Waals surface area contributed by atoms with Gasteiger partial charge in [-0.15, -0.1) is 0 Å². The SMILES string of the molecule is CN(C)c1ccc(CCNC(=O)c2ccc(F)cc2C(=O)N2CCC(Oc3ccc(-c4ccc(C(F)(F)F)cc4)cn3)CC2)cc1. The van der Waals surface area contributed by atoms with Crippen LogP contribution in [0.4, 0.5) is 23.2 Å². The summed E-state index contributed by atoms with van der Waals surface area (Å²) in [7, 11) is 3.92. The lowest BCUT2D eigenvalue weighted by molar-refractivity contribution is -0.137. The van der Waals surface area contributed by atoms with Crippen LogP contribution >= 0.6 is 0 Å². The van der Waals surface area contributed by atoms with Gasteiger partial charge in [-0.2, -0.15) is 13.2 Å². The quantitative estimate of drug-likeness (QED) is 0.209. The van der Waals surface area contributed by atoms with Crippen molar-refractivity contribution in [1.82, 2.24) is 15.2 Å². The van der Waals surface area contributed by atoms with Gasteiger partial charge in [-0.1, -0.05) is 24.3 Å². The van der Waals surface area contributed by atoms with Crippen LogP contribution in [-0.2, 0) is 12.6 Å². The van der Waals surface area contributed by atoms with E-state index in [0.29, 0.717) is 55.9 Å². The number of alkyl halides is 3. The number of rotatable bonds is 9. The molecule has 46 heavy (non-hydrogen) atoms. The number of anilines is 1. The number of piperidine rings is 1. The Labute approximate surface area is 264 Å². The van der Waals surface area contributed by atoms with Gasteiger partial charge < -0.3 is 19.9 Å². The average molecular weight is 635 g/mol. The lowest BCUT2D eigenvalue weighted by Crippen LogP contribution is -2.42. The Morgan fingerprint density at radius 2 is 1.59 bits per heavy atom. The molecule has 0 spiro atoms. The van der Waals surface area contributed by atoms with Gasteiger partial charge in [-0.25, -0.2) is 9.37 Å². The van der Waals surface area contributed by atoms with E-state index < -0.39 is 29.4 Å². The third kappa shape index (κ3) is 8.01. The second-order valence-electron chi connectivity index (χ2n) is 11.3. The van der Waals surface area contributed by atoms with Crippen LogP contribution in [0, 0.1) is 5.82 Å². The summed E-state index contributed by atoms with van der Waals surface area (Å²) in [6.07, 6.45) is -1.49. The lowest BCUT2D eigenvalue weighted by Gasteiger charge is -2.32. The van der Waals surface area contributed by atoms with Crippen molar-refractivity contribution in [3.63, 3.8) is 0 Å². The number of nitrogens with one attached hydrogen (secondary N) is 1. The predicted molar refractivity (Wildman–Crippen MR) is 167 cm³/mol. The van der Waals surface area contributed by atoms with Crippen LogP contribution < -0.4 is 15.0 Å². The summed E-state index contributed by atoms with van der Waals surface area (Å²) in [5, 5.41) is 2.84. The van der Waals surface area contributed by atoms with Crippen LogP contribution in [-0.4, -0.2) is 61.5 Å². The second-order valence-corrected chi connectivity index (χ2v) is 11.3. The molecule has 240 valence electrons. The molecule has 1 aliphatic rings. The fourth-order valence-electron chi connectivity index (χ4n) is 5.26. The molecule has 1 saturated heterocycles. The number of carbonyl (C=O) groups excluding carboxylic acids is 2. The van der Waals surface area contributed by atoms with E-state index in [0.717, 1.165) is 29.4 Å². The summed E-state index contributed by atoms with van der Waals surface area (Å²) in [5.41, 5.74) is 2.77. The number of likely N-dealkylation sites (tertiary alicyclic amines) is 1. The molecule has 1 N–H and O–H groups in total. The number of nitrogens with zero attached hydrogens (tertiary/aromatic N) is 3. The highest BCUT2D eigenvalue weighted by Gasteiger charge is 2.30. The standard InChI is InChI=1S/C35H34F4N4O3/c1-42(2)28-11-3-23(4-12-28)15-18-40-33(44)30-13-10-27(36)21-31(30)34(45)43-19-16-29(17-20-43)46-32-14-7-25(22-41-32)24-5-8-26(9-6-24)35(37,38)39/h3-14,21-22,29H,15-20H2,1-2H3,(H,40,44). The van der Waals surface area contributed by atoms with Crippen LogP contribution in [0.15, 0.2) is 85.1 Å². The molecule has 0 atom stereocenters. The van der Waals surface area contributed by atoms with Gasteiger partial charge in [0.15, 0.2) is 0 Å². The van der Waals surface area contributed by atoms with E-state index in [1.54, 1.807) is 17.0 Å². The highest BCUT2D eigenvalue weighted by Crippen LogP contribution is 2.31. The zero-order valence-electron chi connectivity index (χ0n) is 25.5. The molecule has 7 nitrogen and oxygen atoms in total. The van der Waals surface area contributed by atoms with Gasteiger partial charge in [0.1, 0.15) is 11.9 Å². The molecule has 3 aromatic carbocycles. The number of halogens is 4. The number of hydrogen-bond donors (Lipinski definition) is 1. The highest BCUT2D eigenvalue weighted by atomic mass is 19.4. The highest BCUT2D eigenvalue weighted by molar-refractivity contribution is 6.07. The summed E-state index contributed by atoms with van der Waals surface area (Å²) in [6.45, 7) is 1.04. The Balaban J connectivity index is 1.14. The van der Waals surface area contributed by atoms with Crippen LogP contribution in [0.1, 0.15) is 44.7 Å². The topological polar surface area (TPSA) is 74.8 Å². The smallest absolute Gasteiger partial charge is 0.416 e. The van der Waals surface area contributed by atoms with E-state index in [2.05, 4.69) is 10.3 Å². The number of ether oxygens (including phenoxy) is 1. The van der Waals surface area contributed by atoms with Crippen LogP contribution in [0.5, 0.6) is 5.88 Å². The minimum atomic E-state index is -4.40. The molecular weight excluding hydrogens is 600 g/mol. The van der Waals surface area contributed by atoms with Crippen LogP contribution in [0.2, 0.25) is 0 Å². The van der Waals surface area contributed by atoms with Gasteiger partial charge in [-0.05, 0) is 66.1 Å². The maximum absolute atomic E-state index is 14.2. The zero-order chi connectivity index (χ0) is 32.8. The Morgan fingerprint density at radius 3 is 2.20 bits per heavy atom. The number of carbonyl (C=O) groups is 2. The Hall–Kier alpha value is -4.93. The molecule has 11 heteroatoms. The van der Waals surface area contributed by atoms with Crippen molar-refractivity contribution in [2.45, 2.75) is 31.5 Å².